The summed E-state index contributed by atoms with van der Waals surface area (Å²) in [6, 6.07) is 0. The Balaban J connectivity index is 2.71. The lowest BCUT2D eigenvalue weighted by Crippen LogP contribution is -2.29. The minimum atomic E-state index is -0.714. The van der Waals surface area contributed by atoms with Crippen molar-refractivity contribution < 1.29 is 9.59 Å². The van der Waals surface area contributed by atoms with Crippen molar-refractivity contribution in [3.05, 3.63) is 0 Å². The van der Waals surface area contributed by atoms with Crippen molar-refractivity contribution in [2.24, 2.45) is 5.92 Å². The zero-order chi connectivity index (χ0) is 7.56. The Hall–Kier alpha value is -0.990. The van der Waals surface area contributed by atoms with Gasteiger partial charge in [0.05, 0.1) is 0 Å². The predicted octanol–water partition coefficient (Wildman–Crippen LogP) is 0.574. The Morgan fingerprint density at radius 1 is 1.30 bits per heavy atom. The fraction of sp³-hybridized carbons (Fsp3) is 0.571. The van der Waals surface area contributed by atoms with E-state index in [1.807, 2.05) is 0 Å². The average molecular weight is 139 g/mol. The summed E-state index contributed by atoms with van der Waals surface area (Å²) >= 11 is 0. The topological polar surface area (TPSA) is 58.0 Å². The molecule has 1 saturated carbocycles. The van der Waals surface area contributed by atoms with E-state index in [-0.39, 0.29) is 11.6 Å². The van der Waals surface area contributed by atoms with E-state index >= 15 is 0 Å². The zero-order valence-corrected chi connectivity index (χ0v) is 5.59. The van der Waals surface area contributed by atoms with Gasteiger partial charge < -0.3 is 5.41 Å². The molecule has 0 spiro atoms. The second-order valence-electron chi connectivity index (χ2n) is 2.43. The number of carbonyl (C=O) groups excluding carboxylic acids is 2. The number of Topliss-reactive ketones (excluding diaryl/α,β-unsaturated/α-hetero) is 2. The molecule has 3 nitrogen and oxygen atoms in total. The third kappa shape index (κ3) is 1.12. The summed E-state index contributed by atoms with van der Waals surface area (Å²) in [5, 5.41) is 6.79. The molecule has 3 heteroatoms. The standard InChI is InChI=1S/C7H9NO2/c8-4-5-6(9)2-1-3-7(5)10/h4-5,8H,1-3H2. The highest BCUT2D eigenvalue weighted by molar-refractivity contribution is 6.15. The largest absolute Gasteiger partial charge is 0.312 e. The molecule has 10 heavy (non-hydrogen) atoms. The van der Waals surface area contributed by atoms with Gasteiger partial charge in [-0.1, -0.05) is 0 Å². The lowest BCUT2D eigenvalue weighted by atomic mass is 9.88. The van der Waals surface area contributed by atoms with Crippen LogP contribution in [0.1, 0.15) is 19.3 Å². The maximum absolute atomic E-state index is 10.9. The molecule has 1 fully saturated rings. The molecule has 0 amide bonds. The van der Waals surface area contributed by atoms with Crippen molar-refractivity contribution in [3.63, 3.8) is 0 Å². The second-order valence-corrected chi connectivity index (χ2v) is 2.43. The monoisotopic (exact) mass is 139 g/mol. The first kappa shape index (κ1) is 7.12. The third-order valence-electron chi connectivity index (χ3n) is 1.71. The molecule has 0 aromatic heterocycles. The van der Waals surface area contributed by atoms with Gasteiger partial charge >= 0.3 is 0 Å². The van der Waals surface area contributed by atoms with Crippen LogP contribution in [0.4, 0.5) is 0 Å². The zero-order valence-electron chi connectivity index (χ0n) is 5.59. The van der Waals surface area contributed by atoms with E-state index in [0.29, 0.717) is 19.3 Å². The summed E-state index contributed by atoms with van der Waals surface area (Å²) in [6.45, 7) is 0. The van der Waals surface area contributed by atoms with Gasteiger partial charge in [-0.3, -0.25) is 9.59 Å². The molecule has 0 atom stereocenters. The molecule has 0 heterocycles. The Morgan fingerprint density at radius 3 is 2.10 bits per heavy atom. The molecule has 0 saturated heterocycles. The van der Waals surface area contributed by atoms with Crippen LogP contribution < -0.4 is 0 Å². The van der Waals surface area contributed by atoms with Crippen molar-refractivity contribution in [1.82, 2.24) is 0 Å². The molecule has 0 radical (unpaired) electrons. The molecule has 1 rings (SSSR count). The lowest BCUT2D eigenvalue weighted by molar-refractivity contribution is -0.132. The van der Waals surface area contributed by atoms with Crippen molar-refractivity contribution in [1.29, 1.82) is 5.41 Å². The van der Waals surface area contributed by atoms with E-state index in [4.69, 9.17) is 5.41 Å². The Bertz CT molecular complexity index is 170. The number of ketones is 2. The van der Waals surface area contributed by atoms with E-state index in [2.05, 4.69) is 0 Å². The van der Waals surface area contributed by atoms with Gasteiger partial charge in [0, 0.05) is 19.1 Å². The summed E-state index contributed by atoms with van der Waals surface area (Å²) in [7, 11) is 0. The second kappa shape index (κ2) is 2.73. The molecule has 0 aromatic rings. The van der Waals surface area contributed by atoms with Crippen LogP contribution in [0.3, 0.4) is 0 Å². The van der Waals surface area contributed by atoms with Crippen molar-refractivity contribution in [2.75, 3.05) is 0 Å². The van der Waals surface area contributed by atoms with Gasteiger partial charge in [0.1, 0.15) is 17.5 Å². The summed E-state index contributed by atoms with van der Waals surface area (Å²) in [6.07, 6.45) is 2.55. The van der Waals surface area contributed by atoms with E-state index in [1.54, 1.807) is 0 Å². The maximum atomic E-state index is 10.9. The highest BCUT2D eigenvalue weighted by Crippen LogP contribution is 2.14. The lowest BCUT2D eigenvalue weighted by Gasteiger charge is -2.13. The van der Waals surface area contributed by atoms with Crippen LogP contribution in [0.5, 0.6) is 0 Å². The van der Waals surface area contributed by atoms with E-state index in [0.717, 1.165) is 6.21 Å². The van der Waals surface area contributed by atoms with Gasteiger partial charge in [-0.05, 0) is 6.42 Å². The van der Waals surface area contributed by atoms with E-state index in [9.17, 15) is 9.59 Å². The third-order valence-corrected chi connectivity index (χ3v) is 1.71. The average Bonchev–Trinajstić information content (AvgIpc) is 1.88. The number of carbonyl (C=O) groups is 2. The van der Waals surface area contributed by atoms with Crippen molar-refractivity contribution in [2.45, 2.75) is 19.3 Å². The number of nitrogens with one attached hydrogen (secondary N) is 1. The highest BCUT2D eigenvalue weighted by atomic mass is 16.2. The quantitative estimate of drug-likeness (QED) is 0.426. The molecular weight excluding hydrogens is 130 g/mol. The van der Waals surface area contributed by atoms with Gasteiger partial charge in [0.25, 0.3) is 0 Å². The SMILES string of the molecule is N=CC1C(=O)CCCC1=O. The van der Waals surface area contributed by atoms with Crippen LogP contribution in [0.25, 0.3) is 0 Å². The van der Waals surface area contributed by atoms with Crippen LogP contribution >= 0.6 is 0 Å². The molecular formula is C7H9NO2. The molecule has 0 aliphatic heterocycles. The van der Waals surface area contributed by atoms with Crippen LogP contribution in [0.15, 0.2) is 0 Å². The first-order chi connectivity index (χ1) is 4.75. The molecule has 1 N–H and O–H groups in total. The van der Waals surface area contributed by atoms with Gasteiger partial charge in [-0.2, -0.15) is 0 Å². The first-order valence-corrected chi connectivity index (χ1v) is 3.31. The molecule has 0 unspecified atom stereocenters. The van der Waals surface area contributed by atoms with E-state index in [1.165, 1.54) is 0 Å². The normalized spacial score (nSPS) is 21.2. The number of rotatable bonds is 1. The summed E-state index contributed by atoms with van der Waals surface area (Å²) < 4.78 is 0. The minimum absolute atomic E-state index is 0.0914. The molecule has 54 valence electrons. The first-order valence-electron chi connectivity index (χ1n) is 3.31. The summed E-state index contributed by atoms with van der Waals surface area (Å²) in [5.74, 6) is -0.897. The van der Waals surface area contributed by atoms with Crippen molar-refractivity contribution >= 4 is 17.8 Å². The summed E-state index contributed by atoms with van der Waals surface area (Å²) in [5.41, 5.74) is 0. The molecule has 0 aromatic carbocycles. The Morgan fingerprint density at radius 2 is 1.80 bits per heavy atom. The van der Waals surface area contributed by atoms with Crippen LogP contribution in [-0.4, -0.2) is 17.8 Å². The molecule has 0 bridgehead atoms. The molecule has 1 aliphatic rings. The van der Waals surface area contributed by atoms with Gasteiger partial charge in [-0.25, -0.2) is 0 Å². The van der Waals surface area contributed by atoms with Crippen LogP contribution in [-0.2, 0) is 9.59 Å². The predicted molar refractivity (Wildman–Crippen MR) is 36.1 cm³/mol. The van der Waals surface area contributed by atoms with Gasteiger partial charge in [0.15, 0.2) is 0 Å². The van der Waals surface area contributed by atoms with Gasteiger partial charge in [0.2, 0.25) is 0 Å². The fourth-order valence-corrected chi connectivity index (χ4v) is 1.11. The maximum Gasteiger partial charge on any atom is 0.148 e. The summed E-state index contributed by atoms with van der Waals surface area (Å²) in [4.78, 5) is 21.7. The van der Waals surface area contributed by atoms with Crippen LogP contribution in [0.2, 0.25) is 0 Å². The number of hydrogen-bond donors (Lipinski definition) is 1. The van der Waals surface area contributed by atoms with Gasteiger partial charge in [-0.15, -0.1) is 0 Å². The highest BCUT2D eigenvalue weighted by Gasteiger charge is 2.27. The molecule has 1 aliphatic carbocycles. The fourth-order valence-electron chi connectivity index (χ4n) is 1.11. The smallest absolute Gasteiger partial charge is 0.148 e. The van der Waals surface area contributed by atoms with Crippen molar-refractivity contribution in [3.8, 4) is 0 Å². The van der Waals surface area contributed by atoms with E-state index < -0.39 is 5.92 Å². The van der Waals surface area contributed by atoms with Crippen LogP contribution in [0, 0.1) is 11.3 Å². The Labute approximate surface area is 58.9 Å². The Kier molecular flexibility index (Phi) is 1.94. The number of hydrogen-bond acceptors (Lipinski definition) is 3. The minimum Gasteiger partial charge on any atom is -0.312 e.